The van der Waals surface area contributed by atoms with Crippen LogP contribution in [0.2, 0.25) is 0 Å². The largest absolute Gasteiger partial charge is 0.337 e. The summed E-state index contributed by atoms with van der Waals surface area (Å²) in [7, 11) is 0. The van der Waals surface area contributed by atoms with Crippen molar-refractivity contribution in [3.63, 3.8) is 0 Å². The molecule has 0 spiro atoms. The minimum atomic E-state index is 0.806. The van der Waals surface area contributed by atoms with E-state index < -0.39 is 0 Å². The van der Waals surface area contributed by atoms with Crippen molar-refractivity contribution < 1.29 is 0 Å². The van der Waals surface area contributed by atoms with Crippen molar-refractivity contribution in [3.8, 4) is 11.1 Å². The first-order chi connectivity index (χ1) is 23.0. The van der Waals surface area contributed by atoms with Crippen LogP contribution < -0.4 is 9.80 Å². The van der Waals surface area contributed by atoms with Gasteiger partial charge >= 0.3 is 0 Å². The van der Waals surface area contributed by atoms with Gasteiger partial charge in [-0.3, -0.25) is 0 Å². The summed E-state index contributed by atoms with van der Waals surface area (Å²) in [5, 5.41) is 0. The lowest BCUT2D eigenvalue weighted by Crippen LogP contribution is -2.19. The van der Waals surface area contributed by atoms with Crippen LogP contribution >= 0.6 is 0 Å². The molecule has 0 saturated heterocycles. The van der Waals surface area contributed by atoms with Gasteiger partial charge in [-0.2, -0.15) is 0 Å². The van der Waals surface area contributed by atoms with E-state index in [-0.39, 0.29) is 0 Å². The summed E-state index contributed by atoms with van der Waals surface area (Å²) in [6.07, 6.45) is 0. The number of rotatable bonds is 9. The Bertz CT molecular complexity index is 1800. The molecule has 0 fully saturated rings. The Morgan fingerprint density at radius 1 is 0.312 bits per heavy atom. The van der Waals surface area contributed by atoms with Crippen LogP contribution in [0.15, 0.2) is 121 Å². The van der Waals surface area contributed by atoms with E-state index in [1.54, 1.807) is 0 Å². The molecule has 0 bridgehead atoms. The molecule has 0 saturated carbocycles. The molecule has 6 aromatic carbocycles. The van der Waals surface area contributed by atoms with Crippen LogP contribution in [0.1, 0.15) is 55.6 Å². The van der Waals surface area contributed by atoms with E-state index in [4.69, 9.17) is 0 Å². The van der Waals surface area contributed by atoms with Crippen LogP contribution in [-0.2, 0) is 13.1 Å². The minimum Gasteiger partial charge on any atom is -0.337 e. The van der Waals surface area contributed by atoms with Crippen molar-refractivity contribution in [1.29, 1.82) is 0 Å². The zero-order valence-electron chi connectivity index (χ0n) is 29.9. The monoisotopic (exact) mass is 628 g/mol. The summed E-state index contributed by atoms with van der Waals surface area (Å²) in [6.45, 7) is 19.2. The molecule has 6 rings (SSSR count). The van der Waals surface area contributed by atoms with Crippen molar-refractivity contribution >= 4 is 22.7 Å². The van der Waals surface area contributed by atoms with Gasteiger partial charge in [0, 0.05) is 35.8 Å². The third-order valence-corrected chi connectivity index (χ3v) is 9.54. The van der Waals surface area contributed by atoms with Gasteiger partial charge in [-0.1, -0.05) is 97.1 Å². The van der Waals surface area contributed by atoms with Crippen LogP contribution in [0.4, 0.5) is 22.7 Å². The Hall–Kier alpha value is -5.08. The molecule has 0 aliphatic rings. The highest BCUT2D eigenvalue weighted by atomic mass is 15.1. The fraction of sp³-hybridized carbons (Fsp3) is 0.217. The quantitative estimate of drug-likeness (QED) is 0.157. The van der Waals surface area contributed by atoms with E-state index in [0.717, 1.165) is 13.1 Å². The van der Waals surface area contributed by atoms with Gasteiger partial charge in [0.25, 0.3) is 0 Å². The fourth-order valence-corrected chi connectivity index (χ4v) is 6.61. The molecule has 0 radical (unpaired) electrons. The molecule has 48 heavy (non-hydrogen) atoms. The van der Waals surface area contributed by atoms with Gasteiger partial charge in [0.1, 0.15) is 0 Å². The zero-order chi connectivity index (χ0) is 33.9. The average Bonchev–Trinajstić information content (AvgIpc) is 3.08. The number of hydrogen-bond acceptors (Lipinski definition) is 2. The second-order valence-electron chi connectivity index (χ2n) is 13.7. The van der Waals surface area contributed by atoms with Crippen molar-refractivity contribution in [1.82, 2.24) is 0 Å². The van der Waals surface area contributed by atoms with Gasteiger partial charge < -0.3 is 9.80 Å². The maximum atomic E-state index is 2.48. The fourth-order valence-electron chi connectivity index (χ4n) is 6.61. The molecule has 6 aromatic rings. The molecule has 0 heterocycles. The molecule has 2 nitrogen and oxygen atoms in total. The Labute approximate surface area is 288 Å². The van der Waals surface area contributed by atoms with E-state index in [9.17, 15) is 0 Å². The Morgan fingerprint density at radius 3 is 0.812 bits per heavy atom. The summed E-state index contributed by atoms with van der Waals surface area (Å²) in [6, 6.07) is 45.2. The number of nitrogens with zero attached hydrogens (tertiary/aromatic N) is 2. The van der Waals surface area contributed by atoms with Gasteiger partial charge in [-0.05, 0) is 146 Å². The highest BCUT2D eigenvalue weighted by Crippen LogP contribution is 2.36. The maximum absolute atomic E-state index is 2.48. The molecule has 0 amide bonds. The molecule has 2 heteroatoms. The number of benzene rings is 6. The van der Waals surface area contributed by atoms with Crippen LogP contribution in [0, 0.1) is 55.4 Å². The van der Waals surface area contributed by atoms with Crippen molar-refractivity contribution in [2.75, 3.05) is 9.80 Å². The smallest absolute Gasteiger partial charge is 0.0481 e. The third kappa shape index (κ3) is 7.24. The first-order valence-corrected chi connectivity index (χ1v) is 17.1. The number of anilines is 4. The van der Waals surface area contributed by atoms with Crippen LogP contribution in [0.3, 0.4) is 0 Å². The van der Waals surface area contributed by atoms with E-state index in [1.165, 1.54) is 89.5 Å². The summed E-state index contributed by atoms with van der Waals surface area (Å²) in [5.74, 6) is 0. The summed E-state index contributed by atoms with van der Waals surface area (Å²) in [4.78, 5) is 4.96. The topological polar surface area (TPSA) is 6.48 Å². The molecule has 0 unspecified atom stereocenters. The Balaban J connectivity index is 1.26. The maximum Gasteiger partial charge on any atom is 0.0481 e. The standard InChI is InChI=1S/C46H48N2/c1-31-9-13-35(5)43(25-31)47(44-26-32(2)10-14-36(44)6)29-39-17-21-41(22-18-39)42-23-19-40(20-24-42)30-48(45-27-33(3)11-15-37(45)7)46-28-34(4)12-16-38(46)8/h9-28H,29-30H2,1-8H3. The van der Waals surface area contributed by atoms with Crippen molar-refractivity contribution in [2.45, 2.75) is 68.5 Å². The first kappa shape index (κ1) is 32.8. The van der Waals surface area contributed by atoms with Gasteiger partial charge in [-0.25, -0.2) is 0 Å². The lowest BCUT2D eigenvalue weighted by atomic mass is 10.0. The average molecular weight is 629 g/mol. The summed E-state index contributed by atoms with van der Waals surface area (Å²) >= 11 is 0. The van der Waals surface area contributed by atoms with Crippen LogP contribution in [-0.4, -0.2) is 0 Å². The molecule has 0 atom stereocenters. The normalized spacial score (nSPS) is 11.1. The second-order valence-corrected chi connectivity index (χ2v) is 13.7. The van der Waals surface area contributed by atoms with Crippen LogP contribution in [0.5, 0.6) is 0 Å². The predicted octanol–water partition coefficient (Wildman–Crippen LogP) is 12.5. The summed E-state index contributed by atoms with van der Waals surface area (Å²) < 4.78 is 0. The second kappa shape index (κ2) is 14.0. The zero-order valence-corrected chi connectivity index (χ0v) is 29.9. The number of aryl methyl sites for hydroxylation is 8. The summed E-state index contributed by atoms with van der Waals surface area (Å²) in [5.41, 5.74) is 20.3. The van der Waals surface area contributed by atoms with Crippen molar-refractivity contribution in [3.05, 3.63) is 177 Å². The van der Waals surface area contributed by atoms with E-state index in [1.807, 2.05) is 0 Å². The van der Waals surface area contributed by atoms with E-state index in [0.29, 0.717) is 0 Å². The number of hydrogen-bond donors (Lipinski definition) is 0. The van der Waals surface area contributed by atoms with Crippen LogP contribution in [0.25, 0.3) is 11.1 Å². The lowest BCUT2D eigenvalue weighted by Gasteiger charge is -2.29. The molecule has 0 aliphatic heterocycles. The molecule has 0 aromatic heterocycles. The Kier molecular flexibility index (Phi) is 9.55. The van der Waals surface area contributed by atoms with Gasteiger partial charge in [0.05, 0.1) is 0 Å². The predicted molar refractivity (Wildman–Crippen MR) is 207 cm³/mol. The third-order valence-electron chi connectivity index (χ3n) is 9.54. The van der Waals surface area contributed by atoms with Gasteiger partial charge in [-0.15, -0.1) is 0 Å². The Morgan fingerprint density at radius 2 is 0.562 bits per heavy atom. The van der Waals surface area contributed by atoms with Crippen molar-refractivity contribution in [2.24, 2.45) is 0 Å². The first-order valence-electron chi connectivity index (χ1n) is 17.1. The van der Waals surface area contributed by atoms with E-state index in [2.05, 4.69) is 187 Å². The molecular weight excluding hydrogens is 581 g/mol. The minimum absolute atomic E-state index is 0.806. The van der Waals surface area contributed by atoms with E-state index >= 15 is 0 Å². The molecule has 0 aliphatic carbocycles. The molecule has 0 N–H and O–H groups in total. The highest BCUT2D eigenvalue weighted by Gasteiger charge is 2.17. The molecular formula is C46H48N2. The van der Waals surface area contributed by atoms with Gasteiger partial charge in [0.15, 0.2) is 0 Å². The lowest BCUT2D eigenvalue weighted by molar-refractivity contribution is 0.958. The molecule has 242 valence electrons. The highest BCUT2D eigenvalue weighted by molar-refractivity contribution is 5.72. The SMILES string of the molecule is Cc1ccc(C)c(N(Cc2ccc(-c3ccc(CN(c4cc(C)ccc4C)c4cc(C)ccc4C)cc3)cc2)c2cc(C)ccc2C)c1. The van der Waals surface area contributed by atoms with Gasteiger partial charge in [0.2, 0.25) is 0 Å².